The van der Waals surface area contributed by atoms with Crippen molar-refractivity contribution in [3.05, 3.63) is 107 Å². The number of carboxylic acid groups (broad SMARTS) is 1. The van der Waals surface area contributed by atoms with Crippen LogP contribution in [0.1, 0.15) is 43.8 Å². The van der Waals surface area contributed by atoms with Crippen LogP contribution in [0.3, 0.4) is 0 Å². The number of amides is 2. The Morgan fingerprint density at radius 1 is 0.837 bits per heavy atom. The van der Waals surface area contributed by atoms with Crippen molar-refractivity contribution in [2.24, 2.45) is 0 Å². The van der Waals surface area contributed by atoms with Crippen LogP contribution in [-0.2, 0) is 12.0 Å². The lowest BCUT2D eigenvalue weighted by Crippen LogP contribution is -2.42. The number of hydrogen-bond acceptors (Lipinski definition) is 8. The molecule has 2 amide bonds. The molecule has 0 saturated heterocycles. The van der Waals surface area contributed by atoms with Gasteiger partial charge in [-0.2, -0.15) is 10.2 Å². The number of ether oxygens (including phenoxy) is 3. The number of anilines is 1. The third kappa shape index (κ3) is 6.46. The number of methoxy groups -OCH3 is 3. The molecule has 49 heavy (non-hydrogen) atoms. The van der Waals surface area contributed by atoms with E-state index in [-0.39, 0.29) is 36.3 Å². The van der Waals surface area contributed by atoms with Gasteiger partial charge in [0.1, 0.15) is 5.75 Å². The number of carbonyl (C=O) groups is 3. The van der Waals surface area contributed by atoms with Crippen LogP contribution in [-0.4, -0.2) is 70.7 Å². The van der Waals surface area contributed by atoms with Gasteiger partial charge in [-0.15, -0.1) is 0 Å². The molecule has 1 unspecified atom stereocenters. The number of aromatic amines is 1. The summed E-state index contributed by atoms with van der Waals surface area (Å²) in [4.78, 5) is 38.7. The van der Waals surface area contributed by atoms with Crippen LogP contribution in [0.4, 0.5) is 5.69 Å². The molecule has 4 N–H and O–H groups in total. The minimum Gasteiger partial charge on any atom is -0.497 e. The molecule has 0 aliphatic heterocycles. The number of carbonyl (C=O) groups excluding carboxylic acids is 2. The number of rotatable bonds is 12. The molecule has 2 aromatic heterocycles. The number of hydrogen-bond donors (Lipinski definition) is 4. The molecule has 4 aromatic carbocycles. The molecular formula is C36H34N6O7. The van der Waals surface area contributed by atoms with E-state index in [1.807, 2.05) is 43.3 Å². The average Bonchev–Trinajstić information content (AvgIpc) is 3.72. The zero-order valence-electron chi connectivity index (χ0n) is 27.2. The van der Waals surface area contributed by atoms with Gasteiger partial charge in [0.15, 0.2) is 22.9 Å². The van der Waals surface area contributed by atoms with Gasteiger partial charge in [0.05, 0.1) is 38.9 Å². The van der Waals surface area contributed by atoms with Gasteiger partial charge in [0.2, 0.25) is 0 Å². The lowest BCUT2D eigenvalue weighted by Gasteiger charge is -2.31. The second-order valence-corrected chi connectivity index (χ2v) is 11.7. The molecule has 0 bridgehead atoms. The maximum Gasteiger partial charge on any atom is 0.357 e. The second kappa shape index (κ2) is 13.4. The van der Waals surface area contributed by atoms with Gasteiger partial charge in [-0.25, -0.2) is 4.79 Å². The molecule has 0 radical (unpaired) electrons. The smallest absolute Gasteiger partial charge is 0.357 e. The summed E-state index contributed by atoms with van der Waals surface area (Å²) in [5, 5.41) is 28.6. The van der Waals surface area contributed by atoms with Crippen molar-refractivity contribution in [3.8, 4) is 17.2 Å². The summed E-state index contributed by atoms with van der Waals surface area (Å²) in [5.41, 5.74) is 2.39. The predicted molar refractivity (Wildman–Crippen MR) is 183 cm³/mol. The molecule has 0 saturated carbocycles. The number of H-pyrrole nitrogens is 1. The third-order valence-electron chi connectivity index (χ3n) is 8.47. The lowest BCUT2D eigenvalue weighted by atomic mass is 9.82. The van der Waals surface area contributed by atoms with Crippen molar-refractivity contribution >= 4 is 45.3 Å². The number of benzene rings is 4. The maximum atomic E-state index is 13.5. The van der Waals surface area contributed by atoms with Crippen LogP contribution in [0, 0.1) is 0 Å². The highest BCUT2D eigenvalue weighted by molar-refractivity contribution is 6.05. The molecule has 6 rings (SSSR count). The Hall–Kier alpha value is -6.37. The minimum absolute atomic E-state index is 0.114. The molecule has 6 aromatic rings. The fraction of sp³-hybridized carbons (Fsp3) is 0.194. The Morgan fingerprint density at radius 2 is 1.59 bits per heavy atom. The van der Waals surface area contributed by atoms with Crippen molar-refractivity contribution in [2.75, 3.05) is 33.2 Å². The number of para-hydroxylation sites is 1. The van der Waals surface area contributed by atoms with Crippen molar-refractivity contribution in [3.63, 3.8) is 0 Å². The van der Waals surface area contributed by atoms with E-state index in [0.29, 0.717) is 44.8 Å². The van der Waals surface area contributed by atoms with E-state index in [1.165, 1.54) is 21.3 Å². The van der Waals surface area contributed by atoms with Crippen LogP contribution in [0.2, 0.25) is 0 Å². The molecule has 13 heteroatoms. The maximum absolute atomic E-state index is 13.5. The highest BCUT2D eigenvalue weighted by atomic mass is 16.5. The van der Waals surface area contributed by atoms with Crippen molar-refractivity contribution in [1.29, 1.82) is 0 Å². The van der Waals surface area contributed by atoms with Crippen LogP contribution < -0.4 is 24.8 Å². The summed E-state index contributed by atoms with van der Waals surface area (Å²) in [5.74, 6) is -0.441. The largest absolute Gasteiger partial charge is 0.497 e. The Bertz CT molecular complexity index is 2190. The zero-order chi connectivity index (χ0) is 34.7. The quantitative estimate of drug-likeness (QED) is 0.136. The Balaban J connectivity index is 1.31. The van der Waals surface area contributed by atoms with Gasteiger partial charge in [-0.3, -0.25) is 19.4 Å². The van der Waals surface area contributed by atoms with E-state index in [1.54, 1.807) is 53.2 Å². The monoisotopic (exact) mass is 662 g/mol. The molecule has 13 nitrogen and oxygen atoms in total. The van der Waals surface area contributed by atoms with Crippen LogP contribution >= 0.6 is 0 Å². The van der Waals surface area contributed by atoms with Crippen molar-refractivity contribution < 1.29 is 33.7 Å². The fourth-order valence-electron chi connectivity index (χ4n) is 5.78. The van der Waals surface area contributed by atoms with Gasteiger partial charge in [-0.05, 0) is 60.2 Å². The topological polar surface area (TPSA) is 170 Å². The van der Waals surface area contributed by atoms with Gasteiger partial charge in [-0.1, -0.05) is 37.3 Å². The number of fused-ring (bicyclic) bond motifs is 2. The average molecular weight is 663 g/mol. The first-order chi connectivity index (χ1) is 23.6. The molecule has 0 fully saturated rings. The summed E-state index contributed by atoms with van der Waals surface area (Å²) in [6, 6.07) is 24.6. The van der Waals surface area contributed by atoms with Gasteiger partial charge in [0, 0.05) is 34.0 Å². The van der Waals surface area contributed by atoms with E-state index in [2.05, 4.69) is 25.9 Å². The lowest BCUT2D eigenvalue weighted by molar-refractivity contribution is 0.0690. The van der Waals surface area contributed by atoms with Crippen LogP contribution in [0.15, 0.2) is 84.9 Å². The Labute approximate surface area is 280 Å². The molecule has 250 valence electrons. The molecule has 0 spiro atoms. The molecule has 0 aliphatic carbocycles. The normalized spacial score (nSPS) is 12.3. The molecule has 0 aliphatic rings. The predicted octanol–water partition coefficient (Wildman–Crippen LogP) is 5.28. The van der Waals surface area contributed by atoms with Crippen LogP contribution in [0.25, 0.3) is 21.8 Å². The van der Waals surface area contributed by atoms with E-state index in [0.717, 1.165) is 11.1 Å². The summed E-state index contributed by atoms with van der Waals surface area (Å²) < 4.78 is 17.6. The van der Waals surface area contributed by atoms with Gasteiger partial charge < -0.3 is 30.0 Å². The molecule has 2 heterocycles. The van der Waals surface area contributed by atoms with Crippen molar-refractivity contribution in [2.45, 2.75) is 18.9 Å². The van der Waals surface area contributed by atoms with E-state index in [9.17, 15) is 19.5 Å². The van der Waals surface area contributed by atoms with E-state index >= 15 is 0 Å². The summed E-state index contributed by atoms with van der Waals surface area (Å²) in [7, 11) is 4.53. The van der Waals surface area contributed by atoms with E-state index < -0.39 is 11.4 Å². The highest BCUT2D eigenvalue weighted by Gasteiger charge is 2.31. The first-order valence-electron chi connectivity index (χ1n) is 15.3. The summed E-state index contributed by atoms with van der Waals surface area (Å²) in [6.07, 6.45) is 0. The standard InChI is InChI=1S/C36H34N6O7/c1-36(19-37-34(44)31-25-7-5-6-8-27(25)39-40-31,20-42-28-15-14-24(47-2)18-26(28)32(41-42)35(45)46)22-10-12-23(13-11-22)38-33(43)21-9-16-29(48-3)30(17-21)49-4/h5-18H,19-20H2,1-4H3,(H,37,44)(H,38,43)(H,39,40)(H,45,46). The fourth-order valence-corrected chi connectivity index (χ4v) is 5.78. The van der Waals surface area contributed by atoms with Crippen molar-refractivity contribution in [1.82, 2.24) is 25.3 Å². The number of nitrogens with zero attached hydrogens (tertiary/aromatic N) is 3. The number of nitrogens with one attached hydrogen (secondary N) is 3. The summed E-state index contributed by atoms with van der Waals surface area (Å²) >= 11 is 0. The Kier molecular flexibility index (Phi) is 8.90. The molecular weight excluding hydrogens is 628 g/mol. The first-order valence-corrected chi connectivity index (χ1v) is 15.3. The zero-order valence-corrected chi connectivity index (χ0v) is 27.2. The van der Waals surface area contributed by atoms with E-state index in [4.69, 9.17) is 14.2 Å². The first kappa shape index (κ1) is 32.6. The highest BCUT2D eigenvalue weighted by Crippen LogP contribution is 2.32. The minimum atomic E-state index is -1.17. The number of aromatic nitrogens is 4. The summed E-state index contributed by atoms with van der Waals surface area (Å²) in [6.45, 7) is 2.29. The molecule has 1 atom stereocenters. The van der Waals surface area contributed by atoms with Crippen LogP contribution in [0.5, 0.6) is 17.2 Å². The number of aromatic carboxylic acids is 1. The van der Waals surface area contributed by atoms with Gasteiger partial charge >= 0.3 is 5.97 Å². The second-order valence-electron chi connectivity index (χ2n) is 11.7. The van der Waals surface area contributed by atoms with Gasteiger partial charge in [0.25, 0.3) is 11.8 Å². The Morgan fingerprint density at radius 3 is 2.31 bits per heavy atom. The SMILES string of the molecule is COc1ccc2c(c1)c(C(=O)O)nn2CC(C)(CNC(=O)c1n[nH]c2ccccc12)c1ccc(NC(=O)c2ccc(OC)c(OC)c2)cc1. The number of carboxylic acids is 1. The third-order valence-corrected chi connectivity index (χ3v) is 8.47.